The maximum atomic E-state index is 14.7. The molecule has 0 radical (unpaired) electrons. The van der Waals surface area contributed by atoms with Crippen LogP contribution in [0.2, 0.25) is 0 Å². The van der Waals surface area contributed by atoms with Crippen LogP contribution >= 0.6 is 0 Å². The lowest BCUT2D eigenvalue weighted by molar-refractivity contribution is 0.589. The van der Waals surface area contributed by atoms with E-state index in [9.17, 15) is 8.78 Å². The van der Waals surface area contributed by atoms with E-state index in [1.807, 2.05) is 43.3 Å². The molecule has 150 valence electrons. The summed E-state index contributed by atoms with van der Waals surface area (Å²) in [5.74, 6) is 10.8. The Morgan fingerprint density at radius 1 is 0.700 bits per heavy atom. The predicted molar refractivity (Wildman–Crippen MR) is 120 cm³/mol. The molecule has 3 aromatic rings. The summed E-state index contributed by atoms with van der Waals surface area (Å²) in [6, 6.07) is 17.7. The predicted octanol–water partition coefficient (Wildman–Crippen LogP) is 6.94. The van der Waals surface area contributed by atoms with Crippen molar-refractivity contribution in [3.8, 4) is 34.8 Å². The van der Waals surface area contributed by atoms with Gasteiger partial charge in [0, 0.05) is 24.0 Å². The topological polar surface area (TPSA) is 0 Å². The van der Waals surface area contributed by atoms with E-state index in [2.05, 4.69) is 30.6 Å². The standard InChI is InChI=1S/C28H24F2/c1-3-5-6-8-22-9-11-23(12-10-22)13-14-24-19-26(29)28(27(30)20-24)25-17-15-21(7-4-2)16-18-25/h9-12,15-20H,3-4,7-8H2,1-2H3. The largest absolute Gasteiger partial charge is 0.206 e. The summed E-state index contributed by atoms with van der Waals surface area (Å²) in [5, 5.41) is 0. The molecular weight excluding hydrogens is 374 g/mol. The van der Waals surface area contributed by atoms with E-state index in [-0.39, 0.29) is 5.56 Å². The van der Waals surface area contributed by atoms with Gasteiger partial charge in [0.1, 0.15) is 11.6 Å². The fourth-order valence-corrected chi connectivity index (χ4v) is 3.19. The molecule has 0 spiro atoms. The molecule has 3 aromatic carbocycles. The molecule has 0 nitrogen and oxygen atoms in total. The molecular formula is C28H24F2. The van der Waals surface area contributed by atoms with Crippen molar-refractivity contribution in [2.24, 2.45) is 0 Å². The van der Waals surface area contributed by atoms with Gasteiger partial charge in [-0.15, -0.1) is 5.92 Å². The summed E-state index contributed by atoms with van der Waals surface area (Å²) < 4.78 is 29.3. The van der Waals surface area contributed by atoms with Crippen molar-refractivity contribution in [3.05, 3.63) is 94.6 Å². The highest BCUT2D eigenvalue weighted by Gasteiger charge is 2.13. The lowest BCUT2D eigenvalue weighted by Crippen LogP contribution is -1.93. The first-order valence-electron chi connectivity index (χ1n) is 10.3. The molecule has 0 bridgehead atoms. The maximum Gasteiger partial charge on any atom is 0.135 e. The number of halogens is 2. The van der Waals surface area contributed by atoms with Crippen molar-refractivity contribution in [3.63, 3.8) is 0 Å². The molecule has 3 rings (SSSR count). The lowest BCUT2D eigenvalue weighted by atomic mass is 10.00. The monoisotopic (exact) mass is 398 g/mol. The van der Waals surface area contributed by atoms with Gasteiger partial charge in [-0.05, 0) is 47.4 Å². The fourth-order valence-electron chi connectivity index (χ4n) is 3.19. The molecule has 0 heterocycles. The zero-order valence-corrected chi connectivity index (χ0v) is 17.4. The minimum atomic E-state index is -0.604. The van der Waals surface area contributed by atoms with Crippen LogP contribution in [0.25, 0.3) is 11.1 Å². The number of rotatable bonds is 4. The van der Waals surface area contributed by atoms with Gasteiger partial charge in [-0.2, -0.15) is 0 Å². The van der Waals surface area contributed by atoms with Crippen molar-refractivity contribution in [2.75, 3.05) is 0 Å². The summed E-state index contributed by atoms with van der Waals surface area (Å²) in [6.07, 6.45) is 3.54. The lowest BCUT2D eigenvalue weighted by Gasteiger charge is -2.07. The van der Waals surface area contributed by atoms with Crippen molar-refractivity contribution >= 4 is 0 Å². The Kier molecular flexibility index (Phi) is 7.42. The second kappa shape index (κ2) is 10.4. The molecule has 0 atom stereocenters. The zero-order chi connectivity index (χ0) is 21.3. The second-order valence-corrected chi connectivity index (χ2v) is 7.09. The van der Waals surface area contributed by atoms with Crippen molar-refractivity contribution < 1.29 is 8.78 Å². The molecule has 0 aliphatic carbocycles. The Balaban J connectivity index is 1.79. The van der Waals surface area contributed by atoms with Gasteiger partial charge in [0.2, 0.25) is 0 Å². The molecule has 0 aromatic heterocycles. The van der Waals surface area contributed by atoms with E-state index in [1.54, 1.807) is 12.1 Å². The number of benzene rings is 3. The van der Waals surface area contributed by atoms with E-state index in [0.717, 1.165) is 36.0 Å². The summed E-state index contributed by atoms with van der Waals surface area (Å²) in [4.78, 5) is 0. The average Bonchev–Trinajstić information content (AvgIpc) is 2.74. The van der Waals surface area contributed by atoms with E-state index in [4.69, 9.17) is 0 Å². The average molecular weight is 398 g/mol. The van der Waals surface area contributed by atoms with Gasteiger partial charge in [0.25, 0.3) is 0 Å². The van der Waals surface area contributed by atoms with Crippen LogP contribution in [-0.4, -0.2) is 0 Å². The van der Waals surface area contributed by atoms with Crippen molar-refractivity contribution in [1.29, 1.82) is 0 Å². The third kappa shape index (κ3) is 5.59. The van der Waals surface area contributed by atoms with E-state index >= 15 is 0 Å². The Morgan fingerprint density at radius 2 is 1.30 bits per heavy atom. The minimum absolute atomic E-state index is 0.0128. The highest BCUT2D eigenvalue weighted by Crippen LogP contribution is 2.27. The quantitative estimate of drug-likeness (QED) is 0.418. The van der Waals surface area contributed by atoms with E-state index < -0.39 is 11.6 Å². The molecule has 0 saturated carbocycles. The van der Waals surface area contributed by atoms with Gasteiger partial charge in [0.15, 0.2) is 0 Å². The minimum Gasteiger partial charge on any atom is -0.206 e. The Hall–Kier alpha value is -3.36. The van der Waals surface area contributed by atoms with Crippen LogP contribution in [0, 0.1) is 35.3 Å². The Labute approximate surface area is 178 Å². The third-order valence-corrected chi connectivity index (χ3v) is 4.72. The summed E-state index contributed by atoms with van der Waals surface area (Å²) >= 11 is 0. The molecule has 0 unspecified atom stereocenters. The number of hydrogen-bond donors (Lipinski definition) is 0. The molecule has 0 fully saturated rings. The molecule has 0 aliphatic rings. The number of hydrogen-bond acceptors (Lipinski definition) is 0. The third-order valence-electron chi connectivity index (χ3n) is 4.72. The van der Waals surface area contributed by atoms with E-state index in [0.29, 0.717) is 17.5 Å². The van der Waals surface area contributed by atoms with Gasteiger partial charge in [-0.1, -0.05) is 74.4 Å². The molecule has 0 N–H and O–H groups in total. The van der Waals surface area contributed by atoms with Gasteiger partial charge in [0.05, 0.1) is 5.56 Å². The highest BCUT2D eigenvalue weighted by atomic mass is 19.1. The smallest absolute Gasteiger partial charge is 0.135 e. The van der Waals surface area contributed by atoms with Gasteiger partial charge in [-0.25, -0.2) is 8.78 Å². The first kappa shape index (κ1) is 21.4. The van der Waals surface area contributed by atoms with Gasteiger partial charge < -0.3 is 0 Å². The van der Waals surface area contributed by atoms with E-state index in [1.165, 1.54) is 12.1 Å². The Morgan fingerprint density at radius 3 is 1.90 bits per heavy atom. The van der Waals surface area contributed by atoms with Crippen molar-refractivity contribution in [2.45, 2.75) is 39.5 Å². The van der Waals surface area contributed by atoms with Crippen LogP contribution in [0.5, 0.6) is 0 Å². The van der Waals surface area contributed by atoms with Crippen LogP contribution in [0.15, 0.2) is 60.7 Å². The van der Waals surface area contributed by atoms with Crippen LogP contribution in [-0.2, 0) is 12.8 Å². The summed E-state index contributed by atoms with van der Waals surface area (Å²) in [7, 11) is 0. The second-order valence-electron chi connectivity index (χ2n) is 7.09. The van der Waals surface area contributed by atoms with Gasteiger partial charge in [-0.3, -0.25) is 0 Å². The van der Waals surface area contributed by atoms with Crippen LogP contribution < -0.4 is 0 Å². The Bertz CT molecular complexity index is 1090. The molecule has 2 heteroatoms. The molecule has 0 saturated heterocycles. The summed E-state index contributed by atoms with van der Waals surface area (Å²) in [6.45, 7) is 4.12. The first-order chi connectivity index (χ1) is 14.6. The molecule has 30 heavy (non-hydrogen) atoms. The zero-order valence-electron chi connectivity index (χ0n) is 17.4. The molecule has 0 aliphatic heterocycles. The van der Waals surface area contributed by atoms with Crippen LogP contribution in [0.4, 0.5) is 8.78 Å². The summed E-state index contributed by atoms with van der Waals surface area (Å²) in [5.41, 5.74) is 3.90. The molecule has 0 amide bonds. The SMILES string of the molecule is CCC#CCc1ccc(C#Cc2cc(F)c(-c3ccc(CCC)cc3)c(F)c2)cc1. The number of aryl methyl sites for hydroxylation is 1. The fraction of sp³-hybridized carbons (Fsp3) is 0.214. The normalized spacial score (nSPS) is 10.0. The highest BCUT2D eigenvalue weighted by molar-refractivity contribution is 5.66. The maximum absolute atomic E-state index is 14.7. The first-order valence-corrected chi connectivity index (χ1v) is 10.3. The van der Waals surface area contributed by atoms with Crippen LogP contribution in [0.3, 0.4) is 0 Å². The van der Waals surface area contributed by atoms with Crippen LogP contribution in [0.1, 0.15) is 48.9 Å². The van der Waals surface area contributed by atoms with Gasteiger partial charge >= 0.3 is 0 Å². The van der Waals surface area contributed by atoms with Crippen molar-refractivity contribution in [1.82, 2.24) is 0 Å².